The molecule has 0 aliphatic carbocycles. The Bertz CT molecular complexity index is 727. The number of ether oxygens (including phenoxy) is 2. The highest BCUT2D eigenvalue weighted by Crippen LogP contribution is 2.27. The van der Waals surface area contributed by atoms with Gasteiger partial charge in [0.25, 0.3) is 5.91 Å². The molecule has 0 aliphatic rings. The number of amides is 1. The van der Waals surface area contributed by atoms with Gasteiger partial charge in [-0.15, -0.1) is 0 Å². The third-order valence-electron chi connectivity index (χ3n) is 4.40. The van der Waals surface area contributed by atoms with Crippen LogP contribution in [0.4, 0.5) is 0 Å². The van der Waals surface area contributed by atoms with Crippen molar-refractivity contribution in [1.29, 1.82) is 0 Å². The fraction of sp³-hybridized carbons (Fsp3) is 0.381. The predicted octanol–water partition coefficient (Wildman–Crippen LogP) is 4.35. The molecule has 2 aromatic rings. The molecule has 2 aromatic carbocycles. The van der Waals surface area contributed by atoms with Crippen molar-refractivity contribution in [3.8, 4) is 11.5 Å². The van der Waals surface area contributed by atoms with Crippen molar-refractivity contribution >= 4 is 5.91 Å². The van der Waals surface area contributed by atoms with Crippen LogP contribution in [0.2, 0.25) is 0 Å². The van der Waals surface area contributed by atoms with E-state index in [-0.39, 0.29) is 11.9 Å². The molecular weight excluding hydrogens is 314 g/mol. The molecule has 0 unspecified atom stereocenters. The zero-order valence-electron chi connectivity index (χ0n) is 15.6. The summed E-state index contributed by atoms with van der Waals surface area (Å²) < 4.78 is 11.1. The number of methoxy groups -OCH3 is 1. The van der Waals surface area contributed by atoms with E-state index in [1.807, 2.05) is 18.2 Å². The quantitative estimate of drug-likeness (QED) is 0.814. The lowest BCUT2D eigenvalue weighted by atomic mass is 9.99. The summed E-state index contributed by atoms with van der Waals surface area (Å²) in [5, 5.41) is 3.08. The van der Waals surface area contributed by atoms with Crippen LogP contribution in [0, 0.1) is 13.8 Å². The second kappa shape index (κ2) is 8.56. The van der Waals surface area contributed by atoms with Crippen molar-refractivity contribution in [3.05, 3.63) is 59.2 Å². The minimum Gasteiger partial charge on any atom is -0.493 e. The maximum atomic E-state index is 12.6. The summed E-state index contributed by atoms with van der Waals surface area (Å²) in [6.45, 7) is 7.98. The Balaban J connectivity index is 2.06. The number of hydrogen-bond acceptors (Lipinski definition) is 3. The Hall–Kier alpha value is -2.49. The molecule has 0 spiro atoms. The molecule has 2 atom stereocenters. The number of rotatable bonds is 7. The van der Waals surface area contributed by atoms with Crippen LogP contribution in [-0.2, 0) is 4.79 Å². The van der Waals surface area contributed by atoms with Crippen LogP contribution in [0.25, 0.3) is 0 Å². The standard InChI is InChI=1S/C21H27NO3/c1-6-18(17-12-11-14(2)15(3)13-17)22-21(23)16(4)25-20-10-8-7-9-19(20)24-5/h7-13,16,18H,6H2,1-5H3,(H,22,23)/t16-,18+/m1/s1. The largest absolute Gasteiger partial charge is 0.493 e. The number of para-hydroxylation sites is 2. The highest BCUT2D eigenvalue weighted by Gasteiger charge is 2.20. The normalized spacial score (nSPS) is 13.0. The van der Waals surface area contributed by atoms with Crippen LogP contribution < -0.4 is 14.8 Å². The van der Waals surface area contributed by atoms with Gasteiger partial charge in [-0.1, -0.05) is 37.3 Å². The maximum Gasteiger partial charge on any atom is 0.261 e. The first kappa shape index (κ1) is 18.8. The van der Waals surface area contributed by atoms with E-state index in [1.165, 1.54) is 11.1 Å². The Morgan fingerprint density at radius 2 is 1.76 bits per heavy atom. The first-order chi connectivity index (χ1) is 12.0. The molecule has 0 heterocycles. The lowest BCUT2D eigenvalue weighted by Gasteiger charge is -2.22. The van der Waals surface area contributed by atoms with Gasteiger partial charge in [0, 0.05) is 0 Å². The summed E-state index contributed by atoms with van der Waals surface area (Å²) in [7, 11) is 1.58. The second-order valence-electron chi connectivity index (χ2n) is 6.22. The zero-order valence-corrected chi connectivity index (χ0v) is 15.6. The van der Waals surface area contributed by atoms with Gasteiger partial charge in [-0.2, -0.15) is 0 Å². The second-order valence-corrected chi connectivity index (χ2v) is 6.22. The van der Waals surface area contributed by atoms with Crippen LogP contribution in [-0.4, -0.2) is 19.1 Å². The first-order valence-corrected chi connectivity index (χ1v) is 8.63. The predicted molar refractivity (Wildman–Crippen MR) is 100 cm³/mol. The molecule has 0 aliphatic heterocycles. The van der Waals surface area contributed by atoms with E-state index in [2.05, 4.69) is 44.3 Å². The molecule has 0 saturated heterocycles. The van der Waals surface area contributed by atoms with E-state index in [0.29, 0.717) is 11.5 Å². The molecule has 0 saturated carbocycles. The van der Waals surface area contributed by atoms with Gasteiger partial charge in [-0.25, -0.2) is 0 Å². The SMILES string of the molecule is CC[C@H](NC(=O)[C@@H](C)Oc1ccccc1OC)c1ccc(C)c(C)c1. The third kappa shape index (κ3) is 4.75. The minimum atomic E-state index is -0.614. The summed E-state index contributed by atoms with van der Waals surface area (Å²) in [6.07, 6.45) is 0.201. The van der Waals surface area contributed by atoms with Gasteiger partial charge in [-0.3, -0.25) is 4.79 Å². The summed E-state index contributed by atoms with van der Waals surface area (Å²) >= 11 is 0. The Kier molecular flexibility index (Phi) is 6.45. The fourth-order valence-electron chi connectivity index (χ4n) is 2.65. The van der Waals surface area contributed by atoms with E-state index < -0.39 is 6.10 Å². The van der Waals surface area contributed by atoms with E-state index in [0.717, 1.165) is 12.0 Å². The third-order valence-corrected chi connectivity index (χ3v) is 4.40. The summed E-state index contributed by atoms with van der Waals surface area (Å²) in [5.41, 5.74) is 3.59. The molecule has 0 aromatic heterocycles. The number of hydrogen-bond donors (Lipinski definition) is 1. The van der Waals surface area contributed by atoms with Crippen LogP contribution in [0.5, 0.6) is 11.5 Å². The topological polar surface area (TPSA) is 47.6 Å². The van der Waals surface area contributed by atoms with Gasteiger partial charge >= 0.3 is 0 Å². The van der Waals surface area contributed by atoms with E-state index in [1.54, 1.807) is 20.1 Å². The Labute approximate surface area is 150 Å². The highest BCUT2D eigenvalue weighted by molar-refractivity contribution is 5.81. The summed E-state index contributed by atoms with van der Waals surface area (Å²) in [6, 6.07) is 13.6. The molecule has 0 bridgehead atoms. The smallest absolute Gasteiger partial charge is 0.261 e. The van der Waals surface area contributed by atoms with Crippen LogP contribution >= 0.6 is 0 Å². The van der Waals surface area contributed by atoms with Gasteiger partial charge in [0.05, 0.1) is 13.2 Å². The first-order valence-electron chi connectivity index (χ1n) is 8.63. The average Bonchev–Trinajstić information content (AvgIpc) is 2.62. The molecule has 0 radical (unpaired) electrons. The molecule has 0 fully saturated rings. The van der Waals surface area contributed by atoms with Gasteiger partial charge < -0.3 is 14.8 Å². The van der Waals surface area contributed by atoms with Crippen LogP contribution in [0.1, 0.15) is 43.0 Å². The lowest BCUT2D eigenvalue weighted by molar-refractivity contribution is -0.128. The molecular formula is C21H27NO3. The number of carbonyl (C=O) groups excluding carboxylic acids is 1. The molecule has 134 valence electrons. The Morgan fingerprint density at radius 1 is 1.08 bits per heavy atom. The number of benzene rings is 2. The van der Waals surface area contributed by atoms with Crippen molar-refractivity contribution in [2.75, 3.05) is 7.11 Å². The lowest BCUT2D eigenvalue weighted by Crippen LogP contribution is -2.38. The number of carbonyl (C=O) groups is 1. The van der Waals surface area contributed by atoms with Crippen molar-refractivity contribution in [2.45, 2.75) is 46.3 Å². The minimum absolute atomic E-state index is 0.0319. The maximum absolute atomic E-state index is 12.6. The van der Waals surface area contributed by atoms with Crippen LogP contribution in [0.3, 0.4) is 0 Å². The zero-order chi connectivity index (χ0) is 18.4. The van der Waals surface area contributed by atoms with Crippen molar-refractivity contribution < 1.29 is 14.3 Å². The van der Waals surface area contributed by atoms with Crippen molar-refractivity contribution in [1.82, 2.24) is 5.32 Å². The molecule has 25 heavy (non-hydrogen) atoms. The molecule has 1 amide bonds. The molecule has 4 heteroatoms. The van der Waals surface area contributed by atoms with Crippen molar-refractivity contribution in [2.24, 2.45) is 0 Å². The van der Waals surface area contributed by atoms with E-state index in [4.69, 9.17) is 9.47 Å². The summed E-state index contributed by atoms with van der Waals surface area (Å²) in [4.78, 5) is 12.6. The average molecular weight is 341 g/mol. The number of nitrogens with one attached hydrogen (secondary N) is 1. The van der Waals surface area contributed by atoms with Gasteiger partial charge in [-0.05, 0) is 56.0 Å². The van der Waals surface area contributed by atoms with E-state index in [9.17, 15) is 4.79 Å². The van der Waals surface area contributed by atoms with Gasteiger partial charge in [0.15, 0.2) is 17.6 Å². The molecule has 1 N–H and O–H groups in total. The van der Waals surface area contributed by atoms with Gasteiger partial charge in [0.2, 0.25) is 0 Å². The molecule has 2 rings (SSSR count). The van der Waals surface area contributed by atoms with Gasteiger partial charge in [0.1, 0.15) is 0 Å². The van der Waals surface area contributed by atoms with E-state index >= 15 is 0 Å². The number of aryl methyl sites for hydroxylation is 2. The van der Waals surface area contributed by atoms with Crippen LogP contribution in [0.15, 0.2) is 42.5 Å². The Morgan fingerprint density at radius 3 is 2.36 bits per heavy atom. The van der Waals surface area contributed by atoms with Crippen molar-refractivity contribution in [3.63, 3.8) is 0 Å². The summed E-state index contributed by atoms with van der Waals surface area (Å²) in [5.74, 6) is 1.03. The highest BCUT2D eigenvalue weighted by atomic mass is 16.5. The monoisotopic (exact) mass is 341 g/mol. The fourth-order valence-corrected chi connectivity index (χ4v) is 2.65. The molecule has 4 nitrogen and oxygen atoms in total.